The van der Waals surface area contributed by atoms with Crippen LogP contribution in [0.15, 0.2) is 36.9 Å². The molecular formula is C18H20N2O4. The van der Waals surface area contributed by atoms with Crippen molar-refractivity contribution in [2.45, 2.75) is 31.3 Å². The van der Waals surface area contributed by atoms with Crippen LogP contribution in [0.3, 0.4) is 0 Å². The maximum absolute atomic E-state index is 12.8. The lowest BCUT2D eigenvalue weighted by atomic mass is 9.94. The summed E-state index contributed by atoms with van der Waals surface area (Å²) in [5.41, 5.74) is 0.654. The van der Waals surface area contributed by atoms with Crippen molar-refractivity contribution < 1.29 is 19.1 Å². The Morgan fingerprint density at radius 3 is 2.67 bits per heavy atom. The molecule has 126 valence electrons. The Bertz CT molecular complexity index is 679. The second-order valence-corrected chi connectivity index (χ2v) is 6.10. The van der Waals surface area contributed by atoms with E-state index in [1.807, 2.05) is 0 Å². The highest BCUT2D eigenvalue weighted by molar-refractivity contribution is 5.99. The molecule has 0 bridgehead atoms. The minimum Gasteiger partial charge on any atom is -0.464 e. The predicted octanol–water partition coefficient (Wildman–Crippen LogP) is 1.41. The molecule has 1 atom stereocenters. The van der Waals surface area contributed by atoms with Crippen molar-refractivity contribution in [3.8, 4) is 0 Å². The minimum atomic E-state index is -0.770. The van der Waals surface area contributed by atoms with Gasteiger partial charge in [-0.1, -0.05) is 18.7 Å². The van der Waals surface area contributed by atoms with Gasteiger partial charge in [-0.25, -0.2) is 4.79 Å². The Morgan fingerprint density at radius 1 is 1.29 bits per heavy atom. The van der Waals surface area contributed by atoms with Crippen molar-refractivity contribution >= 4 is 17.8 Å². The van der Waals surface area contributed by atoms with Crippen molar-refractivity contribution in [2.24, 2.45) is 0 Å². The number of ether oxygens (including phenoxy) is 1. The summed E-state index contributed by atoms with van der Waals surface area (Å²) in [6.45, 7) is 4.72. The summed E-state index contributed by atoms with van der Waals surface area (Å²) in [5.74, 6) is -0.668. The zero-order valence-corrected chi connectivity index (χ0v) is 13.4. The third-order valence-corrected chi connectivity index (χ3v) is 4.72. The molecule has 6 nitrogen and oxygen atoms in total. The van der Waals surface area contributed by atoms with E-state index in [4.69, 9.17) is 4.74 Å². The Hall–Kier alpha value is -2.63. The first-order chi connectivity index (χ1) is 11.6. The maximum Gasteiger partial charge on any atom is 0.332 e. The smallest absolute Gasteiger partial charge is 0.332 e. The van der Waals surface area contributed by atoms with Gasteiger partial charge in [-0.3, -0.25) is 9.59 Å². The van der Waals surface area contributed by atoms with Crippen molar-refractivity contribution in [2.75, 3.05) is 13.2 Å². The molecule has 2 aliphatic heterocycles. The second kappa shape index (κ2) is 6.47. The fourth-order valence-corrected chi connectivity index (χ4v) is 3.38. The van der Waals surface area contributed by atoms with E-state index in [1.165, 1.54) is 6.08 Å². The summed E-state index contributed by atoms with van der Waals surface area (Å²) in [4.78, 5) is 37.8. The molecule has 1 spiro atoms. The van der Waals surface area contributed by atoms with Crippen LogP contribution in [0.5, 0.6) is 0 Å². The number of nitrogens with zero attached hydrogens (tertiary/aromatic N) is 1. The number of hydrogen-bond acceptors (Lipinski definition) is 4. The number of cyclic esters (lactones) is 1. The van der Waals surface area contributed by atoms with E-state index in [-0.39, 0.29) is 17.8 Å². The van der Waals surface area contributed by atoms with E-state index in [2.05, 4.69) is 11.9 Å². The van der Waals surface area contributed by atoms with Crippen LogP contribution in [0.1, 0.15) is 35.2 Å². The predicted molar refractivity (Wildman–Crippen MR) is 87.1 cm³/mol. The molecule has 1 N–H and O–H groups in total. The maximum atomic E-state index is 12.8. The normalized spacial score (nSPS) is 22.5. The molecule has 1 unspecified atom stereocenters. The first-order valence-corrected chi connectivity index (χ1v) is 8.05. The van der Waals surface area contributed by atoms with Crippen LogP contribution in [-0.4, -0.2) is 41.4 Å². The lowest BCUT2D eigenvalue weighted by Gasteiger charge is -2.31. The van der Waals surface area contributed by atoms with Gasteiger partial charge in [-0.05, 0) is 36.6 Å². The van der Waals surface area contributed by atoms with Crippen molar-refractivity contribution in [1.82, 2.24) is 10.2 Å². The molecule has 0 aliphatic carbocycles. The highest BCUT2D eigenvalue weighted by Gasteiger charge is 2.53. The summed E-state index contributed by atoms with van der Waals surface area (Å²) >= 11 is 0. The van der Waals surface area contributed by atoms with Gasteiger partial charge in [-0.2, -0.15) is 0 Å². The molecule has 0 aromatic heterocycles. The molecule has 1 aromatic rings. The molecule has 1 aromatic carbocycles. The number of likely N-dealkylation sites (tertiary alicyclic amines) is 1. The third-order valence-electron chi connectivity index (χ3n) is 4.72. The average Bonchev–Trinajstić information content (AvgIpc) is 3.20. The molecule has 2 amide bonds. The Balaban J connectivity index is 1.72. The highest BCUT2D eigenvalue weighted by atomic mass is 16.5. The van der Waals surface area contributed by atoms with E-state index in [9.17, 15) is 14.4 Å². The van der Waals surface area contributed by atoms with Crippen molar-refractivity contribution in [3.05, 3.63) is 48.0 Å². The number of nitrogens with one attached hydrogen (secondary N) is 1. The lowest BCUT2D eigenvalue weighted by molar-refractivity contribution is -0.145. The van der Waals surface area contributed by atoms with E-state index in [1.54, 1.807) is 29.2 Å². The van der Waals surface area contributed by atoms with Gasteiger partial charge in [0.05, 0.1) is 6.61 Å². The molecule has 2 heterocycles. The van der Waals surface area contributed by atoms with Crippen LogP contribution in [0.2, 0.25) is 0 Å². The van der Waals surface area contributed by atoms with Gasteiger partial charge in [0.15, 0.2) is 0 Å². The molecule has 6 heteroatoms. The fourth-order valence-electron chi connectivity index (χ4n) is 3.38. The van der Waals surface area contributed by atoms with Crippen LogP contribution in [0.4, 0.5) is 0 Å². The molecule has 2 aliphatic rings. The molecule has 0 radical (unpaired) electrons. The summed E-state index contributed by atoms with van der Waals surface area (Å²) in [5, 5.41) is 2.68. The molecule has 2 fully saturated rings. The average molecular weight is 328 g/mol. The number of esters is 1. The summed E-state index contributed by atoms with van der Waals surface area (Å²) in [6.07, 6.45) is 3.27. The van der Waals surface area contributed by atoms with Crippen LogP contribution in [0.25, 0.3) is 0 Å². The Labute approximate surface area is 140 Å². The highest BCUT2D eigenvalue weighted by Crippen LogP contribution is 2.38. The van der Waals surface area contributed by atoms with Crippen LogP contribution in [-0.2, 0) is 20.9 Å². The Morgan fingerprint density at radius 2 is 2.04 bits per heavy atom. The minimum absolute atomic E-state index is 0.145. The summed E-state index contributed by atoms with van der Waals surface area (Å²) in [7, 11) is 0. The largest absolute Gasteiger partial charge is 0.464 e. The molecular weight excluding hydrogens is 308 g/mol. The molecule has 24 heavy (non-hydrogen) atoms. The topological polar surface area (TPSA) is 75.7 Å². The van der Waals surface area contributed by atoms with Crippen molar-refractivity contribution in [3.63, 3.8) is 0 Å². The molecule has 0 saturated carbocycles. The molecule has 3 rings (SSSR count). The first kappa shape index (κ1) is 16.2. The third kappa shape index (κ3) is 2.79. The van der Waals surface area contributed by atoms with Gasteiger partial charge in [0.25, 0.3) is 5.91 Å². The van der Waals surface area contributed by atoms with Crippen LogP contribution >= 0.6 is 0 Å². The zero-order chi connectivity index (χ0) is 17.2. The van der Waals surface area contributed by atoms with Crippen LogP contribution < -0.4 is 5.32 Å². The first-order valence-electron chi connectivity index (χ1n) is 8.05. The standard InChI is InChI=1S/C18H20N2O4/c1-2-15(21)19-12-13-4-6-14(7-5-13)16(22)20-10-3-8-18(20)9-11-24-17(18)23/h2,4-7H,1,3,8-12H2,(H,19,21). The van der Waals surface area contributed by atoms with E-state index >= 15 is 0 Å². The number of rotatable bonds is 4. The van der Waals surface area contributed by atoms with Gasteiger partial charge < -0.3 is 15.0 Å². The number of benzene rings is 1. The van der Waals surface area contributed by atoms with Gasteiger partial charge in [0.1, 0.15) is 5.54 Å². The summed E-state index contributed by atoms with van der Waals surface area (Å²) < 4.78 is 5.11. The van der Waals surface area contributed by atoms with Gasteiger partial charge >= 0.3 is 5.97 Å². The van der Waals surface area contributed by atoms with E-state index in [0.29, 0.717) is 38.1 Å². The second-order valence-electron chi connectivity index (χ2n) is 6.10. The Kier molecular flexibility index (Phi) is 4.38. The number of carbonyl (C=O) groups is 3. The quantitative estimate of drug-likeness (QED) is 0.670. The van der Waals surface area contributed by atoms with Gasteiger partial charge in [0.2, 0.25) is 5.91 Å². The fraction of sp³-hybridized carbons (Fsp3) is 0.389. The van der Waals surface area contributed by atoms with Gasteiger partial charge in [0, 0.05) is 25.1 Å². The van der Waals surface area contributed by atoms with Crippen molar-refractivity contribution in [1.29, 1.82) is 0 Å². The van der Waals surface area contributed by atoms with Crippen LogP contribution in [0, 0.1) is 0 Å². The van der Waals surface area contributed by atoms with Gasteiger partial charge in [-0.15, -0.1) is 0 Å². The number of hydrogen-bond donors (Lipinski definition) is 1. The number of amides is 2. The lowest BCUT2D eigenvalue weighted by Crippen LogP contribution is -2.50. The van der Waals surface area contributed by atoms with E-state index < -0.39 is 5.54 Å². The monoisotopic (exact) mass is 328 g/mol. The SMILES string of the molecule is C=CC(=O)NCc1ccc(C(=O)N2CCCC23CCOC3=O)cc1. The number of carbonyl (C=O) groups excluding carboxylic acids is 3. The molecule has 2 saturated heterocycles. The summed E-state index contributed by atoms with van der Waals surface area (Å²) in [6, 6.07) is 7.05. The zero-order valence-electron chi connectivity index (χ0n) is 13.4. The van der Waals surface area contributed by atoms with E-state index in [0.717, 1.165) is 12.0 Å².